The number of carbonyl (C=O) groups is 1. The van der Waals surface area contributed by atoms with Gasteiger partial charge in [0, 0.05) is 31.3 Å². The van der Waals surface area contributed by atoms with E-state index in [9.17, 15) is 14.4 Å². The predicted molar refractivity (Wildman–Crippen MR) is 95.3 cm³/mol. The molecule has 0 radical (unpaired) electrons. The number of benzene rings is 1. The molecule has 0 aliphatic heterocycles. The quantitative estimate of drug-likeness (QED) is 0.720. The van der Waals surface area contributed by atoms with Crippen LogP contribution in [0, 0.1) is 0 Å². The average molecular weight is 352 g/mol. The zero-order valence-electron chi connectivity index (χ0n) is 13.9. The molecular formula is C18H16N4O4. The highest BCUT2D eigenvalue weighted by atomic mass is 16.5. The predicted octanol–water partition coefficient (Wildman–Crippen LogP) is 1.30. The lowest BCUT2D eigenvalue weighted by atomic mass is 10.2. The Balaban J connectivity index is 1.66. The summed E-state index contributed by atoms with van der Waals surface area (Å²) < 4.78 is 6.49. The van der Waals surface area contributed by atoms with Crippen molar-refractivity contribution in [2.75, 3.05) is 5.32 Å². The number of amides is 1. The monoisotopic (exact) mass is 352 g/mol. The minimum absolute atomic E-state index is 0.148. The Kier molecular flexibility index (Phi) is 4.93. The lowest BCUT2D eigenvalue weighted by molar-refractivity contribution is 0.102. The summed E-state index contributed by atoms with van der Waals surface area (Å²) in [6.07, 6.45) is 4.49. The molecule has 8 heteroatoms. The number of carbonyl (C=O) groups excluding carboxylic acids is 1. The molecule has 26 heavy (non-hydrogen) atoms. The van der Waals surface area contributed by atoms with Gasteiger partial charge >= 0.3 is 5.69 Å². The number of hydrogen-bond donors (Lipinski definition) is 2. The van der Waals surface area contributed by atoms with Gasteiger partial charge in [-0.15, -0.1) is 0 Å². The van der Waals surface area contributed by atoms with Crippen LogP contribution in [0.4, 0.5) is 5.69 Å². The normalized spacial score (nSPS) is 10.3. The average Bonchev–Trinajstić information content (AvgIpc) is 2.66. The van der Waals surface area contributed by atoms with Gasteiger partial charge in [-0.1, -0.05) is 0 Å². The maximum Gasteiger partial charge on any atom is 0.328 e. The molecule has 0 unspecified atom stereocenters. The molecule has 1 amide bonds. The fraction of sp³-hybridized carbons (Fsp3) is 0.111. The van der Waals surface area contributed by atoms with Crippen LogP contribution in [0.3, 0.4) is 0 Å². The molecule has 8 nitrogen and oxygen atoms in total. The first-order valence-electron chi connectivity index (χ1n) is 7.76. The van der Waals surface area contributed by atoms with Gasteiger partial charge < -0.3 is 15.0 Å². The van der Waals surface area contributed by atoms with Crippen LogP contribution in [0.1, 0.15) is 15.9 Å². The SMILES string of the molecule is Cn1c(=O)[nH]cc(C(=O)Nc2ccc(OCc3ccncc3)cc2)c1=O. The first-order valence-corrected chi connectivity index (χ1v) is 7.76. The van der Waals surface area contributed by atoms with E-state index in [2.05, 4.69) is 15.3 Å². The van der Waals surface area contributed by atoms with Crippen LogP contribution >= 0.6 is 0 Å². The first-order chi connectivity index (χ1) is 12.5. The van der Waals surface area contributed by atoms with Crippen LogP contribution in [0.2, 0.25) is 0 Å². The largest absolute Gasteiger partial charge is 0.489 e. The number of hydrogen-bond acceptors (Lipinski definition) is 5. The van der Waals surface area contributed by atoms with Gasteiger partial charge in [-0.05, 0) is 42.0 Å². The second-order valence-electron chi connectivity index (χ2n) is 5.49. The summed E-state index contributed by atoms with van der Waals surface area (Å²) in [5.41, 5.74) is 0.0988. The van der Waals surface area contributed by atoms with Gasteiger partial charge in [0.2, 0.25) is 0 Å². The summed E-state index contributed by atoms with van der Waals surface area (Å²) >= 11 is 0. The van der Waals surface area contributed by atoms with E-state index in [-0.39, 0.29) is 5.56 Å². The van der Waals surface area contributed by atoms with Crippen molar-refractivity contribution in [2.45, 2.75) is 6.61 Å². The van der Waals surface area contributed by atoms with E-state index >= 15 is 0 Å². The number of anilines is 1. The molecular weight excluding hydrogens is 336 g/mol. The third-order valence-corrected chi connectivity index (χ3v) is 3.69. The van der Waals surface area contributed by atoms with Gasteiger partial charge in [0.1, 0.15) is 17.9 Å². The zero-order chi connectivity index (χ0) is 18.5. The van der Waals surface area contributed by atoms with Crippen molar-refractivity contribution in [2.24, 2.45) is 7.05 Å². The van der Waals surface area contributed by atoms with Gasteiger partial charge in [-0.25, -0.2) is 4.79 Å². The lowest BCUT2D eigenvalue weighted by Gasteiger charge is -2.08. The van der Waals surface area contributed by atoms with Crippen LogP contribution in [0.5, 0.6) is 5.75 Å². The van der Waals surface area contributed by atoms with Crippen molar-refractivity contribution < 1.29 is 9.53 Å². The fourth-order valence-corrected chi connectivity index (χ4v) is 2.21. The van der Waals surface area contributed by atoms with Crippen LogP contribution in [-0.4, -0.2) is 20.4 Å². The van der Waals surface area contributed by atoms with Gasteiger partial charge in [0.15, 0.2) is 0 Å². The smallest absolute Gasteiger partial charge is 0.328 e. The number of aromatic amines is 1. The Labute approximate surface area is 148 Å². The summed E-state index contributed by atoms with van der Waals surface area (Å²) in [4.78, 5) is 41.8. The van der Waals surface area contributed by atoms with E-state index < -0.39 is 17.2 Å². The van der Waals surface area contributed by atoms with Gasteiger partial charge in [-0.3, -0.25) is 19.1 Å². The Morgan fingerprint density at radius 1 is 1.15 bits per heavy atom. The Morgan fingerprint density at radius 2 is 1.85 bits per heavy atom. The Bertz CT molecular complexity index is 1020. The molecule has 3 aromatic rings. The van der Waals surface area contributed by atoms with Crippen LogP contribution < -0.4 is 21.3 Å². The fourth-order valence-electron chi connectivity index (χ4n) is 2.21. The van der Waals surface area contributed by atoms with Crippen molar-refractivity contribution >= 4 is 11.6 Å². The molecule has 0 fully saturated rings. The standard InChI is InChI=1S/C18H16N4O4/c1-22-17(24)15(10-20-18(22)25)16(23)21-13-2-4-14(5-3-13)26-11-12-6-8-19-9-7-12/h2-10H,11H2,1H3,(H,20,25)(H,21,23). The molecule has 2 aromatic heterocycles. The molecule has 2 heterocycles. The van der Waals surface area contributed by atoms with E-state index in [1.807, 2.05) is 12.1 Å². The lowest BCUT2D eigenvalue weighted by Crippen LogP contribution is -2.37. The molecule has 0 saturated heterocycles. The van der Waals surface area contributed by atoms with Gasteiger partial charge in [0.25, 0.3) is 11.5 Å². The summed E-state index contributed by atoms with van der Waals surface area (Å²) in [5.74, 6) is 0.0343. The zero-order valence-corrected chi connectivity index (χ0v) is 13.9. The van der Waals surface area contributed by atoms with Crippen molar-refractivity contribution in [3.8, 4) is 5.75 Å². The number of ether oxygens (including phenoxy) is 1. The molecule has 0 atom stereocenters. The van der Waals surface area contributed by atoms with E-state index in [0.29, 0.717) is 18.0 Å². The maximum absolute atomic E-state index is 12.2. The highest BCUT2D eigenvalue weighted by Crippen LogP contribution is 2.17. The molecule has 1 aromatic carbocycles. The summed E-state index contributed by atoms with van der Waals surface area (Å²) in [7, 11) is 1.30. The molecule has 0 aliphatic carbocycles. The van der Waals surface area contributed by atoms with E-state index in [4.69, 9.17) is 4.74 Å². The number of rotatable bonds is 5. The van der Waals surface area contributed by atoms with Crippen LogP contribution in [0.15, 0.2) is 64.6 Å². The number of aromatic nitrogens is 3. The first kappa shape index (κ1) is 17.2. The third kappa shape index (κ3) is 3.86. The molecule has 0 spiro atoms. The number of nitrogens with one attached hydrogen (secondary N) is 2. The molecule has 0 aliphatic rings. The van der Waals surface area contributed by atoms with E-state index in [1.54, 1.807) is 36.7 Å². The highest BCUT2D eigenvalue weighted by molar-refractivity contribution is 6.03. The van der Waals surface area contributed by atoms with Crippen LogP contribution in [0.25, 0.3) is 0 Å². The van der Waals surface area contributed by atoms with Crippen LogP contribution in [-0.2, 0) is 13.7 Å². The molecule has 0 bridgehead atoms. The second-order valence-corrected chi connectivity index (χ2v) is 5.49. The number of nitrogens with zero attached hydrogens (tertiary/aromatic N) is 2. The topological polar surface area (TPSA) is 106 Å². The number of pyridine rings is 1. The maximum atomic E-state index is 12.2. The van der Waals surface area contributed by atoms with E-state index in [1.165, 1.54) is 7.05 Å². The molecule has 3 rings (SSSR count). The number of H-pyrrole nitrogens is 1. The molecule has 132 valence electrons. The highest BCUT2D eigenvalue weighted by Gasteiger charge is 2.13. The van der Waals surface area contributed by atoms with Gasteiger partial charge in [-0.2, -0.15) is 0 Å². The Hall–Kier alpha value is -3.68. The second kappa shape index (κ2) is 7.47. The van der Waals surface area contributed by atoms with Crippen molar-refractivity contribution in [1.29, 1.82) is 0 Å². The summed E-state index contributed by atoms with van der Waals surface area (Å²) in [6, 6.07) is 10.5. The summed E-state index contributed by atoms with van der Waals surface area (Å²) in [5, 5.41) is 2.61. The molecule has 0 saturated carbocycles. The summed E-state index contributed by atoms with van der Waals surface area (Å²) in [6.45, 7) is 0.404. The minimum Gasteiger partial charge on any atom is -0.489 e. The Morgan fingerprint density at radius 3 is 2.54 bits per heavy atom. The third-order valence-electron chi connectivity index (χ3n) is 3.69. The van der Waals surface area contributed by atoms with Gasteiger partial charge in [0.05, 0.1) is 0 Å². The van der Waals surface area contributed by atoms with Crippen molar-refractivity contribution in [1.82, 2.24) is 14.5 Å². The van der Waals surface area contributed by atoms with Crippen molar-refractivity contribution in [3.05, 3.63) is 87.0 Å². The van der Waals surface area contributed by atoms with Crippen molar-refractivity contribution in [3.63, 3.8) is 0 Å². The minimum atomic E-state index is -0.663. The van der Waals surface area contributed by atoms with E-state index in [0.717, 1.165) is 16.3 Å². The molecule has 2 N–H and O–H groups in total.